The highest BCUT2D eigenvalue weighted by atomic mass is 19.4. The molecule has 0 radical (unpaired) electrons. The van der Waals surface area contributed by atoms with Crippen LogP contribution in [0.15, 0.2) is 0 Å². The average molecular weight is 181 g/mol. The van der Waals surface area contributed by atoms with E-state index in [1.165, 1.54) is 0 Å². The smallest absolute Gasteiger partial charge is 0.317 e. The van der Waals surface area contributed by atoms with Gasteiger partial charge in [0.2, 0.25) is 0 Å². The minimum absolute atomic E-state index is 0.0756. The second-order valence-corrected chi connectivity index (χ2v) is 3.39. The summed E-state index contributed by atoms with van der Waals surface area (Å²) in [5, 5.41) is 2.94. The van der Waals surface area contributed by atoms with Crippen LogP contribution in [0.2, 0.25) is 0 Å². The van der Waals surface area contributed by atoms with Crippen molar-refractivity contribution in [1.82, 2.24) is 5.32 Å². The summed E-state index contributed by atoms with van der Waals surface area (Å²) in [5.41, 5.74) is 0. The molecule has 1 atom stereocenters. The summed E-state index contributed by atoms with van der Waals surface area (Å²) in [6.45, 7) is 0. The van der Waals surface area contributed by atoms with Crippen LogP contribution < -0.4 is 5.32 Å². The number of alkyl halides is 3. The van der Waals surface area contributed by atoms with Crippen molar-refractivity contribution in [2.75, 3.05) is 7.05 Å². The van der Waals surface area contributed by atoms with Crippen molar-refractivity contribution in [2.45, 2.75) is 37.9 Å². The number of rotatable bonds is 4. The SMILES string of the molecule is CNC(CCC(F)(F)F)C1CC1. The molecule has 0 bridgehead atoms. The van der Waals surface area contributed by atoms with Crippen molar-refractivity contribution < 1.29 is 13.2 Å². The Bertz CT molecular complexity index is 140. The third-order valence-electron chi connectivity index (χ3n) is 2.30. The fourth-order valence-electron chi connectivity index (χ4n) is 1.43. The first kappa shape index (κ1) is 9.84. The van der Waals surface area contributed by atoms with E-state index >= 15 is 0 Å². The zero-order valence-corrected chi connectivity index (χ0v) is 7.12. The van der Waals surface area contributed by atoms with Crippen LogP contribution in [0.5, 0.6) is 0 Å². The molecule has 0 aromatic heterocycles. The molecule has 1 N–H and O–H groups in total. The summed E-state index contributed by atoms with van der Waals surface area (Å²) in [5.74, 6) is 0.498. The number of hydrogen-bond donors (Lipinski definition) is 1. The third kappa shape index (κ3) is 3.43. The molecular formula is C8H14F3N. The van der Waals surface area contributed by atoms with E-state index in [4.69, 9.17) is 0 Å². The predicted octanol–water partition coefficient (Wildman–Crippen LogP) is 2.33. The minimum Gasteiger partial charge on any atom is -0.317 e. The molecule has 0 spiro atoms. The molecule has 4 heteroatoms. The highest BCUT2D eigenvalue weighted by Gasteiger charge is 2.34. The predicted molar refractivity (Wildman–Crippen MR) is 40.9 cm³/mol. The van der Waals surface area contributed by atoms with Crippen LogP contribution >= 0.6 is 0 Å². The van der Waals surface area contributed by atoms with Crippen molar-refractivity contribution in [3.05, 3.63) is 0 Å². The number of halogens is 3. The van der Waals surface area contributed by atoms with E-state index in [1.54, 1.807) is 7.05 Å². The molecule has 1 aliphatic rings. The lowest BCUT2D eigenvalue weighted by molar-refractivity contribution is -0.136. The Morgan fingerprint density at radius 2 is 2.00 bits per heavy atom. The van der Waals surface area contributed by atoms with Gasteiger partial charge in [0.25, 0.3) is 0 Å². The van der Waals surface area contributed by atoms with Crippen LogP contribution in [0.1, 0.15) is 25.7 Å². The van der Waals surface area contributed by atoms with E-state index in [9.17, 15) is 13.2 Å². The first-order valence-corrected chi connectivity index (χ1v) is 4.27. The number of nitrogens with one attached hydrogen (secondary N) is 1. The van der Waals surface area contributed by atoms with Gasteiger partial charge in [0, 0.05) is 12.5 Å². The molecular weight excluding hydrogens is 167 g/mol. The van der Waals surface area contributed by atoms with E-state index < -0.39 is 12.6 Å². The normalized spacial score (nSPS) is 21.0. The summed E-state index contributed by atoms with van der Waals surface area (Å²) in [4.78, 5) is 0. The van der Waals surface area contributed by atoms with Gasteiger partial charge in [-0.15, -0.1) is 0 Å². The summed E-state index contributed by atoms with van der Waals surface area (Å²) >= 11 is 0. The van der Waals surface area contributed by atoms with Gasteiger partial charge in [-0.25, -0.2) is 0 Å². The average Bonchev–Trinajstić information content (AvgIpc) is 2.70. The van der Waals surface area contributed by atoms with E-state index in [-0.39, 0.29) is 12.5 Å². The monoisotopic (exact) mass is 181 g/mol. The highest BCUT2D eigenvalue weighted by Crippen LogP contribution is 2.35. The van der Waals surface area contributed by atoms with Crippen LogP contribution in [0.4, 0.5) is 13.2 Å². The number of hydrogen-bond acceptors (Lipinski definition) is 1. The Kier molecular flexibility index (Phi) is 2.99. The second kappa shape index (κ2) is 3.64. The van der Waals surface area contributed by atoms with Gasteiger partial charge in [-0.1, -0.05) is 0 Å². The molecule has 1 unspecified atom stereocenters. The standard InChI is InChI=1S/C8H14F3N/c1-12-7(6-2-3-6)4-5-8(9,10)11/h6-7,12H,2-5H2,1H3. The molecule has 0 amide bonds. The van der Waals surface area contributed by atoms with Crippen LogP contribution in [0.25, 0.3) is 0 Å². The van der Waals surface area contributed by atoms with Crippen LogP contribution in [0, 0.1) is 5.92 Å². The first-order valence-electron chi connectivity index (χ1n) is 4.27. The molecule has 0 aromatic carbocycles. The zero-order valence-electron chi connectivity index (χ0n) is 7.12. The van der Waals surface area contributed by atoms with Gasteiger partial charge in [0.05, 0.1) is 0 Å². The van der Waals surface area contributed by atoms with Gasteiger partial charge in [0.15, 0.2) is 0 Å². The lowest BCUT2D eigenvalue weighted by Crippen LogP contribution is -2.29. The second-order valence-electron chi connectivity index (χ2n) is 3.39. The topological polar surface area (TPSA) is 12.0 Å². The van der Waals surface area contributed by atoms with Gasteiger partial charge in [-0.2, -0.15) is 13.2 Å². The Balaban J connectivity index is 2.19. The van der Waals surface area contributed by atoms with Crippen molar-refractivity contribution in [1.29, 1.82) is 0 Å². The molecule has 72 valence electrons. The third-order valence-corrected chi connectivity index (χ3v) is 2.30. The fraction of sp³-hybridized carbons (Fsp3) is 1.00. The molecule has 1 aliphatic carbocycles. The Morgan fingerprint density at radius 1 is 1.42 bits per heavy atom. The molecule has 0 aliphatic heterocycles. The first-order chi connectivity index (χ1) is 5.53. The van der Waals surface area contributed by atoms with Crippen molar-refractivity contribution >= 4 is 0 Å². The largest absolute Gasteiger partial charge is 0.389 e. The van der Waals surface area contributed by atoms with Crippen molar-refractivity contribution in [3.8, 4) is 0 Å². The molecule has 1 nitrogen and oxygen atoms in total. The summed E-state index contributed by atoms with van der Waals surface area (Å²) in [7, 11) is 1.74. The zero-order chi connectivity index (χ0) is 9.19. The van der Waals surface area contributed by atoms with Crippen molar-refractivity contribution in [3.63, 3.8) is 0 Å². The van der Waals surface area contributed by atoms with Gasteiger partial charge in [-0.05, 0) is 32.2 Å². The van der Waals surface area contributed by atoms with Crippen LogP contribution in [0.3, 0.4) is 0 Å². The Morgan fingerprint density at radius 3 is 2.33 bits per heavy atom. The molecule has 0 heterocycles. The molecule has 1 saturated carbocycles. The van der Waals surface area contributed by atoms with Gasteiger partial charge < -0.3 is 5.32 Å². The quantitative estimate of drug-likeness (QED) is 0.701. The van der Waals surface area contributed by atoms with Crippen LogP contribution in [-0.4, -0.2) is 19.3 Å². The van der Waals surface area contributed by atoms with Crippen molar-refractivity contribution in [2.24, 2.45) is 5.92 Å². The molecule has 0 aromatic rings. The van der Waals surface area contributed by atoms with Gasteiger partial charge >= 0.3 is 6.18 Å². The Labute approximate surface area is 70.3 Å². The lowest BCUT2D eigenvalue weighted by Gasteiger charge is -2.15. The molecule has 12 heavy (non-hydrogen) atoms. The van der Waals surface area contributed by atoms with E-state index in [0.717, 1.165) is 12.8 Å². The maximum Gasteiger partial charge on any atom is 0.389 e. The van der Waals surface area contributed by atoms with Gasteiger partial charge in [-0.3, -0.25) is 0 Å². The summed E-state index contributed by atoms with van der Waals surface area (Å²) < 4.78 is 35.4. The summed E-state index contributed by atoms with van der Waals surface area (Å²) in [6.07, 6.45) is -2.25. The fourth-order valence-corrected chi connectivity index (χ4v) is 1.43. The van der Waals surface area contributed by atoms with Gasteiger partial charge in [0.1, 0.15) is 0 Å². The van der Waals surface area contributed by atoms with E-state index in [1.807, 2.05) is 0 Å². The van der Waals surface area contributed by atoms with E-state index in [0.29, 0.717) is 5.92 Å². The van der Waals surface area contributed by atoms with E-state index in [2.05, 4.69) is 5.32 Å². The Hall–Kier alpha value is -0.250. The maximum absolute atomic E-state index is 11.8. The molecule has 0 saturated heterocycles. The minimum atomic E-state index is -4.00. The van der Waals surface area contributed by atoms with Crippen LogP contribution in [-0.2, 0) is 0 Å². The highest BCUT2D eigenvalue weighted by molar-refractivity contribution is 4.85. The molecule has 1 fully saturated rings. The summed E-state index contributed by atoms with van der Waals surface area (Å²) in [6, 6.07) is 0.0756. The molecule has 1 rings (SSSR count). The maximum atomic E-state index is 11.8. The lowest BCUT2D eigenvalue weighted by atomic mass is 10.1.